The molecule has 0 aliphatic heterocycles. The number of aryl methyl sites for hydroxylation is 1. The minimum absolute atomic E-state index is 0.448. The number of imidazole rings is 1. The third-order valence-corrected chi connectivity index (χ3v) is 3.51. The van der Waals surface area contributed by atoms with Crippen molar-refractivity contribution in [2.75, 3.05) is 5.73 Å². The molecule has 0 bridgehead atoms. The number of anilines is 1. The molecule has 6 heteroatoms. The van der Waals surface area contributed by atoms with Gasteiger partial charge in [0.2, 0.25) is 5.95 Å². The Morgan fingerprint density at radius 1 is 1.24 bits per heavy atom. The average molecular weight is 279 g/mol. The van der Waals surface area contributed by atoms with Crippen LogP contribution in [-0.4, -0.2) is 19.7 Å². The highest BCUT2D eigenvalue weighted by molar-refractivity contribution is 6.02. The van der Waals surface area contributed by atoms with E-state index >= 15 is 0 Å². The first-order valence-electron chi connectivity index (χ1n) is 6.64. The van der Waals surface area contributed by atoms with E-state index in [9.17, 15) is 0 Å². The molecule has 4 aromatic rings. The average Bonchev–Trinajstić information content (AvgIpc) is 3.03. The van der Waals surface area contributed by atoms with Gasteiger partial charge >= 0.3 is 0 Å². The van der Waals surface area contributed by atoms with E-state index in [4.69, 9.17) is 10.3 Å². The van der Waals surface area contributed by atoms with Crippen molar-refractivity contribution in [1.29, 1.82) is 0 Å². The zero-order valence-electron chi connectivity index (χ0n) is 11.4. The molecule has 0 aliphatic carbocycles. The second-order valence-corrected chi connectivity index (χ2v) is 4.99. The van der Waals surface area contributed by atoms with Crippen molar-refractivity contribution >= 4 is 27.9 Å². The summed E-state index contributed by atoms with van der Waals surface area (Å²) in [7, 11) is 0. The number of pyridine rings is 1. The van der Waals surface area contributed by atoms with Gasteiger partial charge in [0.05, 0.1) is 23.8 Å². The van der Waals surface area contributed by atoms with E-state index in [1.54, 1.807) is 6.20 Å². The minimum atomic E-state index is 0.448. The summed E-state index contributed by atoms with van der Waals surface area (Å²) in [5, 5.41) is 5.05. The number of hydrogen-bond acceptors (Lipinski definition) is 5. The van der Waals surface area contributed by atoms with Gasteiger partial charge in [-0.15, -0.1) is 0 Å². The van der Waals surface area contributed by atoms with Crippen molar-refractivity contribution in [2.45, 2.75) is 13.5 Å². The zero-order valence-corrected chi connectivity index (χ0v) is 11.4. The monoisotopic (exact) mass is 279 g/mol. The summed E-state index contributed by atoms with van der Waals surface area (Å²) in [5.41, 5.74) is 9.56. The van der Waals surface area contributed by atoms with Crippen molar-refractivity contribution in [1.82, 2.24) is 19.7 Å². The zero-order chi connectivity index (χ0) is 14.4. The predicted molar refractivity (Wildman–Crippen MR) is 79.8 cm³/mol. The Labute approximate surface area is 120 Å². The number of nitrogen functional groups attached to an aromatic ring is 1. The second-order valence-electron chi connectivity index (χ2n) is 4.99. The molecule has 0 atom stereocenters. The first kappa shape index (κ1) is 11.9. The van der Waals surface area contributed by atoms with Crippen LogP contribution in [0.4, 0.5) is 5.95 Å². The number of aromatic nitrogens is 4. The van der Waals surface area contributed by atoms with Gasteiger partial charge in [0.1, 0.15) is 17.0 Å². The van der Waals surface area contributed by atoms with E-state index in [2.05, 4.69) is 15.1 Å². The summed E-state index contributed by atoms with van der Waals surface area (Å²) in [5.74, 6) is 1.23. The van der Waals surface area contributed by atoms with Gasteiger partial charge in [0.15, 0.2) is 0 Å². The van der Waals surface area contributed by atoms with Crippen LogP contribution in [0.1, 0.15) is 11.5 Å². The molecule has 1 aromatic carbocycles. The van der Waals surface area contributed by atoms with E-state index in [1.807, 2.05) is 41.8 Å². The smallest absolute Gasteiger partial charge is 0.201 e. The molecule has 6 nitrogen and oxygen atoms in total. The highest BCUT2D eigenvalue weighted by Crippen LogP contribution is 2.26. The summed E-state index contributed by atoms with van der Waals surface area (Å²) in [4.78, 5) is 8.80. The highest BCUT2D eigenvalue weighted by atomic mass is 16.5. The third-order valence-electron chi connectivity index (χ3n) is 3.51. The molecule has 0 spiro atoms. The minimum Gasteiger partial charge on any atom is -0.369 e. The van der Waals surface area contributed by atoms with E-state index in [-0.39, 0.29) is 0 Å². The van der Waals surface area contributed by atoms with Gasteiger partial charge in [0.25, 0.3) is 0 Å². The van der Waals surface area contributed by atoms with Crippen LogP contribution in [0.5, 0.6) is 0 Å². The number of nitrogens with two attached hydrogens (primary N) is 1. The maximum absolute atomic E-state index is 6.06. The lowest BCUT2D eigenvalue weighted by Gasteiger charge is -2.05. The number of rotatable bonds is 2. The summed E-state index contributed by atoms with van der Waals surface area (Å²) in [6.45, 7) is 2.39. The quantitative estimate of drug-likeness (QED) is 0.609. The highest BCUT2D eigenvalue weighted by Gasteiger charge is 2.13. The van der Waals surface area contributed by atoms with Crippen LogP contribution in [0.2, 0.25) is 0 Å². The Morgan fingerprint density at radius 2 is 2.10 bits per heavy atom. The van der Waals surface area contributed by atoms with Crippen molar-refractivity contribution in [3.8, 4) is 0 Å². The summed E-state index contributed by atoms with van der Waals surface area (Å²) < 4.78 is 7.06. The Kier molecular flexibility index (Phi) is 2.44. The third kappa shape index (κ3) is 1.84. The molecular formula is C15H13N5O. The molecule has 0 unspecified atom stereocenters. The van der Waals surface area contributed by atoms with E-state index in [0.717, 1.165) is 33.4 Å². The Bertz CT molecular complexity index is 953. The van der Waals surface area contributed by atoms with Crippen molar-refractivity contribution in [3.63, 3.8) is 0 Å². The fraction of sp³-hybridized carbons (Fsp3) is 0.133. The molecule has 4 rings (SSSR count). The SMILES string of the molecule is Cc1cc(Cn2c(N)nc3cnc4ccccc4c32)no1. The van der Waals surface area contributed by atoms with Crippen LogP contribution in [-0.2, 0) is 6.54 Å². The van der Waals surface area contributed by atoms with Gasteiger partial charge in [0, 0.05) is 11.5 Å². The first-order chi connectivity index (χ1) is 10.2. The summed E-state index contributed by atoms with van der Waals surface area (Å²) in [6, 6.07) is 9.84. The van der Waals surface area contributed by atoms with Gasteiger partial charge in [-0.05, 0) is 13.0 Å². The number of fused-ring (bicyclic) bond motifs is 3. The van der Waals surface area contributed by atoms with Gasteiger partial charge in [-0.25, -0.2) is 4.98 Å². The molecule has 3 aromatic heterocycles. The lowest BCUT2D eigenvalue weighted by atomic mass is 10.2. The molecule has 104 valence electrons. The van der Waals surface area contributed by atoms with Crippen LogP contribution >= 0.6 is 0 Å². The summed E-state index contributed by atoms with van der Waals surface area (Å²) in [6.07, 6.45) is 1.75. The van der Waals surface area contributed by atoms with Gasteiger partial charge in [-0.3, -0.25) is 4.98 Å². The fourth-order valence-electron chi connectivity index (χ4n) is 2.59. The first-order valence-corrected chi connectivity index (χ1v) is 6.64. The molecule has 0 saturated heterocycles. The van der Waals surface area contributed by atoms with Crippen LogP contribution < -0.4 is 5.73 Å². The number of nitrogens with zero attached hydrogens (tertiary/aromatic N) is 4. The standard InChI is InChI=1S/C15H13N5O/c1-9-6-10(19-21-9)8-20-14-11-4-2-3-5-12(11)17-7-13(14)18-15(20)16/h2-7H,8H2,1H3,(H2,16,18). The van der Waals surface area contributed by atoms with Crippen LogP contribution in [0, 0.1) is 6.92 Å². The van der Waals surface area contributed by atoms with Gasteiger partial charge < -0.3 is 14.8 Å². The normalized spacial score (nSPS) is 11.5. The lowest BCUT2D eigenvalue weighted by molar-refractivity contribution is 0.389. The van der Waals surface area contributed by atoms with Gasteiger partial charge in [-0.2, -0.15) is 0 Å². The Balaban J connectivity index is 1.98. The molecule has 2 N–H and O–H groups in total. The maximum Gasteiger partial charge on any atom is 0.201 e. The summed E-state index contributed by atoms with van der Waals surface area (Å²) >= 11 is 0. The fourth-order valence-corrected chi connectivity index (χ4v) is 2.59. The topological polar surface area (TPSA) is 82.8 Å². The van der Waals surface area contributed by atoms with Crippen molar-refractivity contribution < 1.29 is 4.52 Å². The molecule has 21 heavy (non-hydrogen) atoms. The molecule has 0 saturated carbocycles. The maximum atomic E-state index is 6.06. The van der Waals surface area contributed by atoms with Crippen molar-refractivity contribution in [3.05, 3.63) is 48.0 Å². The molecule has 0 fully saturated rings. The van der Waals surface area contributed by atoms with Crippen LogP contribution in [0.15, 0.2) is 41.1 Å². The molecular weight excluding hydrogens is 266 g/mol. The van der Waals surface area contributed by atoms with Crippen LogP contribution in [0.25, 0.3) is 21.9 Å². The van der Waals surface area contributed by atoms with E-state index < -0.39 is 0 Å². The van der Waals surface area contributed by atoms with E-state index in [1.165, 1.54) is 0 Å². The molecule has 0 amide bonds. The van der Waals surface area contributed by atoms with Crippen LogP contribution in [0.3, 0.4) is 0 Å². The largest absolute Gasteiger partial charge is 0.369 e. The van der Waals surface area contributed by atoms with Gasteiger partial charge in [-0.1, -0.05) is 23.4 Å². The molecule has 0 aliphatic rings. The number of hydrogen-bond donors (Lipinski definition) is 1. The Morgan fingerprint density at radius 3 is 2.90 bits per heavy atom. The molecule has 0 radical (unpaired) electrons. The van der Waals surface area contributed by atoms with Crippen molar-refractivity contribution in [2.24, 2.45) is 0 Å². The Hall–Kier alpha value is -2.89. The number of para-hydroxylation sites is 1. The number of benzene rings is 1. The second kappa shape index (κ2) is 4.31. The lowest BCUT2D eigenvalue weighted by Crippen LogP contribution is -2.05. The predicted octanol–water partition coefficient (Wildman–Crippen LogP) is 2.51. The van der Waals surface area contributed by atoms with E-state index in [0.29, 0.717) is 12.5 Å². The molecule has 3 heterocycles.